The molecule has 7 nitrogen and oxygen atoms in total. The summed E-state index contributed by atoms with van der Waals surface area (Å²) in [5.41, 5.74) is 0.317. The van der Waals surface area contributed by atoms with Crippen LogP contribution in [0.1, 0.15) is 20.7 Å². The maximum absolute atomic E-state index is 12.3. The van der Waals surface area contributed by atoms with Crippen molar-refractivity contribution in [1.82, 2.24) is 0 Å². The van der Waals surface area contributed by atoms with Crippen molar-refractivity contribution in [1.29, 1.82) is 0 Å². The number of fused-ring (bicyclic) bond motifs is 1. The number of ether oxygens (including phenoxy) is 5. The van der Waals surface area contributed by atoms with Crippen LogP contribution in [0, 0.1) is 0 Å². The van der Waals surface area contributed by atoms with Gasteiger partial charge in [0.1, 0.15) is 0 Å². The Balaban J connectivity index is 1.64. The van der Waals surface area contributed by atoms with E-state index in [4.69, 9.17) is 18.9 Å². The number of hydrogen-bond donors (Lipinski definition) is 0. The van der Waals surface area contributed by atoms with Gasteiger partial charge in [-0.15, -0.1) is 0 Å². The molecular formula is C18H14F2O7. The number of benzene rings is 2. The normalized spacial score (nSPS) is 12.0. The second-order valence-electron chi connectivity index (χ2n) is 5.31. The topological polar surface area (TPSA) is 80.3 Å². The van der Waals surface area contributed by atoms with Crippen molar-refractivity contribution in [3.63, 3.8) is 0 Å². The van der Waals surface area contributed by atoms with E-state index in [0.717, 1.165) is 6.07 Å². The van der Waals surface area contributed by atoms with Gasteiger partial charge in [-0.1, -0.05) is 0 Å². The minimum Gasteiger partial charge on any atom is -0.493 e. The molecule has 0 spiro atoms. The minimum atomic E-state index is -3.03. The van der Waals surface area contributed by atoms with E-state index < -0.39 is 25.0 Å². The van der Waals surface area contributed by atoms with Gasteiger partial charge in [-0.05, 0) is 36.4 Å². The Morgan fingerprint density at radius 3 is 2.52 bits per heavy atom. The zero-order valence-corrected chi connectivity index (χ0v) is 14.1. The molecule has 0 aromatic heterocycles. The fourth-order valence-corrected chi connectivity index (χ4v) is 2.36. The van der Waals surface area contributed by atoms with Gasteiger partial charge >= 0.3 is 12.6 Å². The molecule has 142 valence electrons. The van der Waals surface area contributed by atoms with Gasteiger partial charge in [0.2, 0.25) is 6.79 Å². The predicted molar refractivity (Wildman–Crippen MR) is 86.8 cm³/mol. The van der Waals surface area contributed by atoms with Crippen LogP contribution < -0.4 is 18.9 Å². The van der Waals surface area contributed by atoms with Crippen LogP contribution in [0.3, 0.4) is 0 Å². The summed E-state index contributed by atoms with van der Waals surface area (Å²) in [6.45, 7) is -3.46. The average molecular weight is 380 g/mol. The Hall–Kier alpha value is -3.36. The molecule has 0 radical (unpaired) electrons. The highest BCUT2D eigenvalue weighted by Gasteiger charge is 2.19. The summed E-state index contributed by atoms with van der Waals surface area (Å²) in [5, 5.41) is 0. The summed E-state index contributed by atoms with van der Waals surface area (Å²) in [6, 6.07) is 8.19. The highest BCUT2D eigenvalue weighted by atomic mass is 19.3. The van der Waals surface area contributed by atoms with Crippen LogP contribution in [-0.2, 0) is 4.74 Å². The first-order valence-electron chi connectivity index (χ1n) is 7.70. The number of Topliss-reactive ketones (excluding diaryl/α,β-unsaturated/α-hetero) is 1. The first-order chi connectivity index (χ1) is 13.0. The summed E-state index contributed by atoms with van der Waals surface area (Å²) in [4.78, 5) is 24.3. The molecule has 0 aliphatic carbocycles. The van der Waals surface area contributed by atoms with Crippen LogP contribution in [0.5, 0.6) is 23.0 Å². The van der Waals surface area contributed by atoms with Gasteiger partial charge in [0.25, 0.3) is 0 Å². The molecule has 0 atom stereocenters. The summed E-state index contributed by atoms with van der Waals surface area (Å²) in [6.07, 6.45) is 0. The van der Waals surface area contributed by atoms with Gasteiger partial charge in [0, 0.05) is 5.56 Å². The maximum atomic E-state index is 12.3. The van der Waals surface area contributed by atoms with Gasteiger partial charge in [-0.25, -0.2) is 4.79 Å². The smallest absolute Gasteiger partial charge is 0.387 e. The van der Waals surface area contributed by atoms with Gasteiger partial charge in [-0.3, -0.25) is 4.79 Å². The highest BCUT2D eigenvalue weighted by Crippen LogP contribution is 2.33. The molecule has 0 saturated heterocycles. The lowest BCUT2D eigenvalue weighted by Gasteiger charge is -2.11. The number of methoxy groups -OCH3 is 1. The number of hydrogen-bond acceptors (Lipinski definition) is 7. The second-order valence-corrected chi connectivity index (χ2v) is 5.31. The summed E-state index contributed by atoms with van der Waals surface area (Å²) in [7, 11) is 1.24. The van der Waals surface area contributed by atoms with Crippen LogP contribution in [0.25, 0.3) is 0 Å². The predicted octanol–water partition coefficient (Wildman–Crippen LogP) is 3.07. The molecule has 0 N–H and O–H groups in total. The molecule has 0 fully saturated rings. The molecule has 9 heteroatoms. The third kappa shape index (κ3) is 4.25. The average Bonchev–Trinajstić information content (AvgIpc) is 3.13. The van der Waals surface area contributed by atoms with E-state index in [1.165, 1.54) is 31.4 Å². The fraction of sp³-hybridized carbons (Fsp3) is 0.222. The van der Waals surface area contributed by atoms with Crippen LogP contribution in [0.2, 0.25) is 0 Å². The number of alkyl halides is 2. The van der Waals surface area contributed by atoms with Crippen molar-refractivity contribution in [3.05, 3.63) is 47.5 Å². The quantitative estimate of drug-likeness (QED) is 0.539. The fourth-order valence-electron chi connectivity index (χ4n) is 2.36. The van der Waals surface area contributed by atoms with E-state index >= 15 is 0 Å². The van der Waals surface area contributed by atoms with Gasteiger partial charge in [0.05, 0.1) is 12.7 Å². The van der Waals surface area contributed by atoms with Crippen molar-refractivity contribution in [2.24, 2.45) is 0 Å². The zero-order valence-electron chi connectivity index (χ0n) is 14.1. The van der Waals surface area contributed by atoms with E-state index in [1.807, 2.05) is 0 Å². The maximum Gasteiger partial charge on any atom is 0.387 e. The molecule has 1 heterocycles. The Labute approximate surface area is 152 Å². The molecule has 0 saturated carbocycles. The first-order valence-corrected chi connectivity index (χ1v) is 7.70. The second kappa shape index (κ2) is 7.90. The van der Waals surface area contributed by atoms with Crippen molar-refractivity contribution in [2.45, 2.75) is 6.61 Å². The van der Waals surface area contributed by atoms with Crippen LogP contribution in [0.15, 0.2) is 36.4 Å². The Bertz CT molecular complexity index is 867. The van der Waals surface area contributed by atoms with Gasteiger partial charge < -0.3 is 23.7 Å². The van der Waals surface area contributed by atoms with Gasteiger partial charge in [0.15, 0.2) is 35.4 Å². The number of rotatable bonds is 7. The van der Waals surface area contributed by atoms with E-state index in [1.54, 1.807) is 6.07 Å². The molecule has 2 aromatic carbocycles. The molecule has 0 bridgehead atoms. The molecule has 2 aromatic rings. The monoisotopic (exact) mass is 380 g/mol. The largest absolute Gasteiger partial charge is 0.493 e. The number of esters is 1. The Morgan fingerprint density at radius 1 is 1.04 bits per heavy atom. The highest BCUT2D eigenvalue weighted by molar-refractivity contribution is 6.00. The van der Waals surface area contributed by atoms with Crippen LogP contribution >= 0.6 is 0 Å². The van der Waals surface area contributed by atoms with Crippen molar-refractivity contribution >= 4 is 11.8 Å². The van der Waals surface area contributed by atoms with E-state index in [0.29, 0.717) is 17.1 Å². The van der Waals surface area contributed by atoms with E-state index in [9.17, 15) is 18.4 Å². The van der Waals surface area contributed by atoms with Crippen molar-refractivity contribution < 1.29 is 42.1 Å². The Kier molecular flexibility index (Phi) is 5.39. The number of halogens is 2. The van der Waals surface area contributed by atoms with Crippen LogP contribution in [-0.4, -0.2) is 38.9 Å². The van der Waals surface area contributed by atoms with Crippen molar-refractivity contribution in [2.75, 3.05) is 20.5 Å². The SMILES string of the molecule is COc1cc(C(=O)OCC(=O)c2ccc3c(c2)OCO3)ccc1OC(F)F. The number of carbonyl (C=O) groups excluding carboxylic acids is 2. The lowest BCUT2D eigenvalue weighted by molar-refractivity contribution is -0.0512. The summed E-state index contributed by atoms with van der Waals surface area (Å²) >= 11 is 0. The Morgan fingerprint density at radius 2 is 1.78 bits per heavy atom. The molecule has 27 heavy (non-hydrogen) atoms. The van der Waals surface area contributed by atoms with Gasteiger partial charge in [-0.2, -0.15) is 8.78 Å². The first kappa shape index (κ1) is 18.4. The molecule has 0 unspecified atom stereocenters. The minimum absolute atomic E-state index is 0.0203. The third-order valence-electron chi connectivity index (χ3n) is 3.64. The summed E-state index contributed by atoms with van der Waals surface area (Å²) in [5.74, 6) is -0.571. The molecule has 1 aliphatic rings. The summed E-state index contributed by atoms with van der Waals surface area (Å²) < 4.78 is 49.2. The molecule has 0 amide bonds. The van der Waals surface area contributed by atoms with E-state index in [-0.39, 0.29) is 23.9 Å². The third-order valence-corrected chi connectivity index (χ3v) is 3.64. The van der Waals surface area contributed by atoms with E-state index in [2.05, 4.69) is 4.74 Å². The standard InChI is InChI=1S/C18H14F2O7/c1-23-15-7-11(3-5-14(15)27-18(19)20)17(22)24-8-12(21)10-2-4-13-16(6-10)26-9-25-13/h2-7,18H,8-9H2,1H3. The van der Waals surface area contributed by atoms with Crippen molar-refractivity contribution in [3.8, 4) is 23.0 Å². The zero-order chi connectivity index (χ0) is 19.4. The molecular weight excluding hydrogens is 366 g/mol. The lowest BCUT2D eigenvalue weighted by atomic mass is 10.1. The lowest BCUT2D eigenvalue weighted by Crippen LogP contribution is -2.14. The number of ketones is 1. The van der Waals surface area contributed by atoms with Crippen LogP contribution in [0.4, 0.5) is 8.78 Å². The number of carbonyl (C=O) groups is 2. The molecule has 3 rings (SSSR count). The molecule has 1 aliphatic heterocycles.